The summed E-state index contributed by atoms with van der Waals surface area (Å²) in [7, 11) is 0. The highest BCUT2D eigenvalue weighted by molar-refractivity contribution is 6.31. The molecule has 0 aliphatic carbocycles. The van der Waals surface area contributed by atoms with Crippen LogP contribution in [-0.4, -0.2) is 41.0 Å². The van der Waals surface area contributed by atoms with E-state index >= 15 is 0 Å². The zero-order valence-corrected chi connectivity index (χ0v) is 19.2. The Morgan fingerprint density at radius 3 is 2.91 bits per heavy atom. The van der Waals surface area contributed by atoms with E-state index in [0.29, 0.717) is 41.4 Å². The fourth-order valence-electron chi connectivity index (χ4n) is 3.97. The second-order valence-corrected chi connectivity index (χ2v) is 8.28. The number of benzene rings is 1. The number of pyridine rings is 1. The molecular formula is C25H30ClFN2O3. The number of rotatable bonds is 9. The number of anilines is 1. The molecule has 1 aliphatic heterocycles. The van der Waals surface area contributed by atoms with Gasteiger partial charge in [0.1, 0.15) is 17.2 Å². The van der Waals surface area contributed by atoms with E-state index in [1.165, 1.54) is 13.0 Å². The summed E-state index contributed by atoms with van der Waals surface area (Å²) in [5.41, 5.74) is 3.11. The Hall–Kier alpha value is -2.41. The maximum absolute atomic E-state index is 13.5. The second-order valence-electron chi connectivity index (χ2n) is 7.87. The number of halogens is 2. The van der Waals surface area contributed by atoms with Gasteiger partial charge in [-0.3, -0.25) is 0 Å². The van der Waals surface area contributed by atoms with Gasteiger partial charge in [-0.15, -0.1) is 0 Å². The molecule has 172 valence electrons. The topological polar surface area (TPSA) is 65.8 Å². The number of allylic oxidation sites excluding steroid dienone is 2. The Bertz CT molecular complexity index is 975. The standard InChI is InChI=1S/C25H30ClFN2O3/c1-3-5-19(14-17(2)27)24(31)20-7-8-23(18(15-20)10-13-30)29-12-9-21(16-29)32-25-22(26)6-4-11-28-25/h4-8,11,14-15,21,24,30-31H,3,9-10,12-13,16H2,1-2H3/b17-14+,19-5+/t21-,24?/m0/s1. The molecule has 2 aromatic rings. The van der Waals surface area contributed by atoms with E-state index in [1.807, 2.05) is 31.2 Å². The molecule has 2 N–H and O–H groups in total. The lowest BCUT2D eigenvalue weighted by Gasteiger charge is -2.24. The minimum absolute atomic E-state index is 0.00892. The molecule has 1 saturated heterocycles. The lowest BCUT2D eigenvalue weighted by Crippen LogP contribution is -2.26. The molecule has 2 atom stereocenters. The predicted octanol–water partition coefficient (Wildman–Crippen LogP) is 5.17. The van der Waals surface area contributed by atoms with Crippen LogP contribution in [0.15, 0.2) is 60.1 Å². The van der Waals surface area contributed by atoms with E-state index in [0.717, 1.165) is 24.2 Å². The van der Waals surface area contributed by atoms with Gasteiger partial charge in [-0.1, -0.05) is 36.7 Å². The van der Waals surface area contributed by atoms with Crippen LogP contribution in [0, 0.1) is 0 Å². The highest BCUT2D eigenvalue weighted by atomic mass is 35.5. The Kier molecular flexibility index (Phi) is 8.67. The normalized spacial score (nSPS) is 18.2. The quantitative estimate of drug-likeness (QED) is 0.505. The molecular weight excluding hydrogens is 431 g/mol. The maximum atomic E-state index is 13.5. The summed E-state index contributed by atoms with van der Waals surface area (Å²) in [6, 6.07) is 9.22. The van der Waals surface area contributed by atoms with Crippen LogP contribution in [0.4, 0.5) is 10.1 Å². The molecule has 7 heteroatoms. The van der Waals surface area contributed by atoms with Crippen LogP contribution >= 0.6 is 11.6 Å². The van der Waals surface area contributed by atoms with Crippen LogP contribution in [0.25, 0.3) is 0 Å². The summed E-state index contributed by atoms with van der Waals surface area (Å²) in [6.45, 7) is 4.75. The lowest BCUT2D eigenvalue weighted by molar-refractivity contribution is 0.216. The zero-order chi connectivity index (χ0) is 23.1. The fourth-order valence-corrected chi connectivity index (χ4v) is 4.14. The second kappa shape index (κ2) is 11.5. The summed E-state index contributed by atoms with van der Waals surface area (Å²) < 4.78 is 19.5. The number of aliphatic hydroxyl groups is 2. The first-order valence-electron chi connectivity index (χ1n) is 10.9. The zero-order valence-electron chi connectivity index (χ0n) is 18.5. The minimum atomic E-state index is -0.937. The third-order valence-corrected chi connectivity index (χ3v) is 5.70. The summed E-state index contributed by atoms with van der Waals surface area (Å²) in [4.78, 5) is 6.40. The van der Waals surface area contributed by atoms with Crippen LogP contribution in [0.1, 0.15) is 43.9 Å². The van der Waals surface area contributed by atoms with E-state index in [-0.39, 0.29) is 18.5 Å². The average molecular weight is 461 g/mol. The number of nitrogens with zero attached hydrogens (tertiary/aromatic N) is 2. The molecule has 1 fully saturated rings. The average Bonchev–Trinajstić information content (AvgIpc) is 3.23. The molecule has 3 rings (SSSR count). The van der Waals surface area contributed by atoms with Crippen LogP contribution in [0.5, 0.6) is 5.88 Å². The largest absolute Gasteiger partial charge is 0.471 e. The number of hydrogen-bond acceptors (Lipinski definition) is 5. The third-order valence-electron chi connectivity index (χ3n) is 5.41. The highest BCUT2D eigenvalue weighted by Gasteiger charge is 2.27. The first kappa shape index (κ1) is 24.2. The first-order valence-corrected chi connectivity index (χ1v) is 11.3. The van der Waals surface area contributed by atoms with Crippen molar-refractivity contribution in [3.8, 4) is 5.88 Å². The number of aromatic nitrogens is 1. The predicted molar refractivity (Wildman–Crippen MR) is 126 cm³/mol. The van der Waals surface area contributed by atoms with Gasteiger partial charge >= 0.3 is 0 Å². The van der Waals surface area contributed by atoms with Crippen molar-refractivity contribution in [1.82, 2.24) is 4.98 Å². The molecule has 0 spiro atoms. The number of hydrogen-bond donors (Lipinski definition) is 2. The van der Waals surface area contributed by atoms with Crippen molar-refractivity contribution in [1.29, 1.82) is 0 Å². The molecule has 0 amide bonds. The van der Waals surface area contributed by atoms with E-state index in [4.69, 9.17) is 16.3 Å². The number of aliphatic hydroxyl groups excluding tert-OH is 2. The van der Waals surface area contributed by atoms with Gasteiger partial charge < -0.3 is 19.8 Å². The Balaban J connectivity index is 1.80. The van der Waals surface area contributed by atoms with Gasteiger partial charge in [0.15, 0.2) is 0 Å². The van der Waals surface area contributed by atoms with Crippen molar-refractivity contribution in [3.63, 3.8) is 0 Å². The summed E-state index contributed by atoms with van der Waals surface area (Å²) in [5.74, 6) is 0.0774. The van der Waals surface area contributed by atoms with Gasteiger partial charge in [0.2, 0.25) is 5.88 Å². The van der Waals surface area contributed by atoms with Gasteiger partial charge in [-0.25, -0.2) is 9.37 Å². The van der Waals surface area contributed by atoms with E-state index in [1.54, 1.807) is 18.3 Å². The SMILES string of the molecule is CC/C=C(\C=C(/C)F)C(O)c1ccc(N2CC[C@H](Oc3ncccc3Cl)C2)c(CCO)c1. The van der Waals surface area contributed by atoms with Gasteiger partial charge in [0, 0.05) is 31.5 Å². The van der Waals surface area contributed by atoms with Crippen LogP contribution in [0.2, 0.25) is 5.02 Å². The van der Waals surface area contributed by atoms with Crippen molar-refractivity contribution in [2.45, 2.75) is 45.3 Å². The molecule has 2 heterocycles. The van der Waals surface area contributed by atoms with Crippen LogP contribution in [0.3, 0.4) is 0 Å². The van der Waals surface area contributed by atoms with Crippen molar-refractivity contribution >= 4 is 17.3 Å². The summed E-state index contributed by atoms with van der Waals surface area (Å²) >= 11 is 6.16. The smallest absolute Gasteiger partial charge is 0.232 e. The first-order chi connectivity index (χ1) is 15.4. The van der Waals surface area contributed by atoms with Gasteiger partial charge in [-0.05, 0) is 60.7 Å². The van der Waals surface area contributed by atoms with E-state index in [9.17, 15) is 14.6 Å². The molecule has 1 aromatic carbocycles. The Morgan fingerprint density at radius 2 is 2.22 bits per heavy atom. The van der Waals surface area contributed by atoms with E-state index in [2.05, 4.69) is 9.88 Å². The van der Waals surface area contributed by atoms with Gasteiger partial charge in [-0.2, -0.15) is 0 Å². The van der Waals surface area contributed by atoms with Gasteiger partial charge in [0.25, 0.3) is 0 Å². The molecule has 1 unspecified atom stereocenters. The monoisotopic (exact) mass is 460 g/mol. The van der Waals surface area contributed by atoms with Crippen molar-refractivity contribution in [2.24, 2.45) is 0 Å². The van der Waals surface area contributed by atoms with Crippen LogP contribution < -0.4 is 9.64 Å². The Labute approximate surface area is 193 Å². The molecule has 0 bridgehead atoms. The minimum Gasteiger partial charge on any atom is -0.471 e. The third kappa shape index (κ3) is 6.09. The van der Waals surface area contributed by atoms with Gasteiger partial charge in [0.05, 0.1) is 12.4 Å². The summed E-state index contributed by atoms with van der Waals surface area (Å²) in [5, 5.41) is 20.9. The Morgan fingerprint density at radius 1 is 1.41 bits per heavy atom. The number of ether oxygens (including phenoxy) is 1. The molecule has 5 nitrogen and oxygen atoms in total. The fraction of sp³-hybridized carbons (Fsp3) is 0.400. The highest BCUT2D eigenvalue weighted by Crippen LogP contribution is 2.32. The molecule has 32 heavy (non-hydrogen) atoms. The molecule has 0 radical (unpaired) electrons. The molecule has 1 aliphatic rings. The molecule has 0 saturated carbocycles. The summed E-state index contributed by atoms with van der Waals surface area (Å²) in [6.07, 6.45) is 5.80. The maximum Gasteiger partial charge on any atom is 0.232 e. The van der Waals surface area contributed by atoms with E-state index < -0.39 is 6.10 Å². The lowest BCUT2D eigenvalue weighted by atomic mass is 9.96. The van der Waals surface area contributed by atoms with Crippen molar-refractivity contribution in [3.05, 3.63) is 76.2 Å². The van der Waals surface area contributed by atoms with Crippen LogP contribution in [-0.2, 0) is 6.42 Å². The molecule has 1 aromatic heterocycles. The van der Waals surface area contributed by atoms with Crippen molar-refractivity contribution in [2.75, 3.05) is 24.6 Å². The van der Waals surface area contributed by atoms with Crippen molar-refractivity contribution < 1.29 is 19.3 Å².